The van der Waals surface area contributed by atoms with E-state index in [4.69, 9.17) is 0 Å². The third kappa shape index (κ3) is 3.28. The van der Waals surface area contributed by atoms with Crippen LogP contribution in [-0.4, -0.2) is 43.5 Å². The zero-order chi connectivity index (χ0) is 14.5. The largest absolute Gasteiger partial charge is 0.385 e. The first-order valence-corrected chi connectivity index (χ1v) is 7.15. The fourth-order valence-electron chi connectivity index (χ4n) is 2.69. The Kier molecular flexibility index (Phi) is 4.95. The van der Waals surface area contributed by atoms with Crippen LogP contribution in [0.3, 0.4) is 0 Å². The Morgan fingerprint density at radius 2 is 2.30 bits per heavy atom. The number of amides is 1. The van der Waals surface area contributed by atoms with Crippen molar-refractivity contribution in [3.63, 3.8) is 0 Å². The third-order valence-electron chi connectivity index (χ3n) is 3.80. The van der Waals surface area contributed by atoms with Crippen molar-refractivity contribution >= 4 is 11.6 Å². The highest BCUT2D eigenvalue weighted by Gasteiger charge is 2.22. The van der Waals surface area contributed by atoms with Crippen molar-refractivity contribution < 1.29 is 9.18 Å². The van der Waals surface area contributed by atoms with Crippen molar-refractivity contribution in [1.82, 2.24) is 10.2 Å². The van der Waals surface area contributed by atoms with E-state index in [0.717, 1.165) is 32.5 Å². The molecule has 0 saturated carbocycles. The van der Waals surface area contributed by atoms with Crippen LogP contribution in [0.25, 0.3) is 0 Å². The third-order valence-corrected chi connectivity index (χ3v) is 3.80. The number of benzene rings is 1. The molecule has 1 unspecified atom stereocenters. The number of likely N-dealkylation sites (tertiary alicyclic amines) is 1. The standard InChI is InChI=1S/C15H22FN3O/c1-3-19-9-5-6-11(10-19)18-15(20)12-7-4-8-13(16)14(12)17-2/h4,7-8,11,17H,3,5-6,9-10H2,1-2H3,(H,18,20). The second kappa shape index (κ2) is 6.70. The van der Waals surface area contributed by atoms with Crippen molar-refractivity contribution in [2.24, 2.45) is 0 Å². The summed E-state index contributed by atoms with van der Waals surface area (Å²) in [4.78, 5) is 14.6. The highest BCUT2D eigenvalue weighted by atomic mass is 19.1. The quantitative estimate of drug-likeness (QED) is 0.887. The van der Waals surface area contributed by atoms with Crippen LogP contribution in [0.15, 0.2) is 18.2 Å². The highest BCUT2D eigenvalue weighted by Crippen LogP contribution is 2.20. The zero-order valence-corrected chi connectivity index (χ0v) is 12.1. The van der Waals surface area contributed by atoms with Gasteiger partial charge < -0.3 is 15.5 Å². The van der Waals surface area contributed by atoms with Gasteiger partial charge in [-0.15, -0.1) is 0 Å². The van der Waals surface area contributed by atoms with E-state index < -0.39 is 5.82 Å². The molecule has 1 aliphatic rings. The van der Waals surface area contributed by atoms with Gasteiger partial charge in [0.15, 0.2) is 0 Å². The van der Waals surface area contributed by atoms with E-state index in [9.17, 15) is 9.18 Å². The number of anilines is 1. The molecule has 1 aliphatic heterocycles. The molecular formula is C15H22FN3O. The Labute approximate surface area is 119 Å². The Morgan fingerprint density at radius 3 is 3.00 bits per heavy atom. The van der Waals surface area contributed by atoms with Gasteiger partial charge in [-0.05, 0) is 38.1 Å². The maximum atomic E-state index is 13.7. The molecule has 1 heterocycles. The van der Waals surface area contributed by atoms with Crippen LogP contribution < -0.4 is 10.6 Å². The fourth-order valence-corrected chi connectivity index (χ4v) is 2.69. The molecule has 2 N–H and O–H groups in total. The Bertz CT molecular complexity index is 478. The second-order valence-corrected chi connectivity index (χ2v) is 5.12. The van der Waals surface area contributed by atoms with Crippen LogP contribution in [0.5, 0.6) is 0 Å². The van der Waals surface area contributed by atoms with Crippen LogP contribution in [0.2, 0.25) is 0 Å². The number of carbonyl (C=O) groups excluding carboxylic acids is 1. The molecule has 20 heavy (non-hydrogen) atoms. The number of hydrogen-bond donors (Lipinski definition) is 2. The summed E-state index contributed by atoms with van der Waals surface area (Å²) in [6, 6.07) is 4.70. The van der Waals surface area contributed by atoms with E-state index in [2.05, 4.69) is 22.5 Å². The summed E-state index contributed by atoms with van der Waals surface area (Å²) in [5, 5.41) is 5.77. The van der Waals surface area contributed by atoms with Crippen LogP contribution in [-0.2, 0) is 0 Å². The van der Waals surface area contributed by atoms with Gasteiger partial charge in [-0.25, -0.2) is 4.39 Å². The van der Waals surface area contributed by atoms with Crippen LogP contribution in [0.4, 0.5) is 10.1 Å². The first-order chi connectivity index (χ1) is 9.65. The molecule has 2 rings (SSSR count). The van der Waals surface area contributed by atoms with Gasteiger partial charge in [-0.1, -0.05) is 13.0 Å². The van der Waals surface area contributed by atoms with Crippen LogP contribution in [0.1, 0.15) is 30.1 Å². The number of nitrogens with zero attached hydrogens (tertiary/aromatic N) is 1. The molecule has 1 aromatic carbocycles. The number of para-hydroxylation sites is 1. The minimum Gasteiger partial charge on any atom is -0.385 e. The SMILES string of the molecule is CCN1CCCC(NC(=O)c2cccc(F)c2NC)C1. The van der Waals surface area contributed by atoms with Crippen molar-refractivity contribution in [3.8, 4) is 0 Å². The molecule has 1 aromatic rings. The Hall–Kier alpha value is -1.62. The van der Waals surface area contributed by atoms with Gasteiger partial charge in [0, 0.05) is 19.6 Å². The van der Waals surface area contributed by atoms with Gasteiger partial charge in [0.05, 0.1) is 11.3 Å². The van der Waals surface area contributed by atoms with Crippen molar-refractivity contribution in [1.29, 1.82) is 0 Å². The minimum atomic E-state index is -0.404. The summed E-state index contributed by atoms with van der Waals surface area (Å²) < 4.78 is 13.7. The lowest BCUT2D eigenvalue weighted by atomic mass is 10.0. The summed E-state index contributed by atoms with van der Waals surface area (Å²) in [6.45, 7) is 5.07. The smallest absolute Gasteiger partial charge is 0.253 e. The number of carbonyl (C=O) groups is 1. The number of halogens is 1. The van der Waals surface area contributed by atoms with Crippen molar-refractivity contribution in [3.05, 3.63) is 29.6 Å². The maximum absolute atomic E-state index is 13.7. The van der Waals surface area contributed by atoms with E-state index in [1.807, 2.05) is 0 Å². The predicted molar refractivity (Wildman–Crippen MR) is 78.5 cm³/mol. The summed E-state index contributed by atoms with van der Waals surface area (Å²) >= 11 is 0. The molecule has 5 heteroatoms. The lowest BCUT2D eigenvalue weighted by Gasteiger charge is -2.32. The summed E-state index contributed by atoms with van der Waals surface area (Å²) in [7, 11) is 1.62. The molecule has 1 atom stereocenters. The normalized spacial score (nSPS) is 19.6. The van der Waals surface area contributed by atoms with E-state index in [1.54, 1.807) is 19.2 Å². The minimum absolute atomic E-state index is 0.143. The molecular weight excluding hydrogens is 257 g/mol. The molecule has 4 nitrogen and oxygen atoms in total. The number of piperidine rings is 1. The van der Waals surface area contributed by atoms with E-state index in [0.29, 0.717) is 5.56 Å². The topological polar surface area (TPSA) is 44.4 Å². The lowest BCUT2D eigenvalue weighted by Crippen LogP contribution is -2.47. The van der Waals surface area contributed by atoms with Gasteiger partial charge in [-0.3, -0.25) is 4.79 Å². The van der Waals surface area contributed by atoms with Crippen LogP contribution in [0, 0.1) is 5.82 Å². The molecule has 0 aliphatic carbocycles. The van der Waals surface area contributed by atoms with E-state index in [1.165, 1.54) is 6.07 Å². The average Bonchev–Trinajstić information content (AvgIpc) is 2.47. The lowest BCUT2D eigenvalue weighted by molar-refractivity contribution is 0.0906. The number of likely N-dealkylation sites (N-methyl/N-ethyl adjacent to an activating group) is 1. The van der Waals surface area contributed by atoms with Crippen molar-refractivity contribution in [2.75, 3.05) is 32.0 Å². The number of nitrogens with one attached hydrogen (secondary N) is 2. The molecule has 1 saturated heterocycles. The second-order valence-electron chi connectivity index (χ2n) is 5.12. The molecule has 0 radical (unpaired) electrons. The van der Waals surface area contributed by atoms with Gasteiger partial charge in [0.2, 0.25) is 0 Å². The first-order valence-electron chi connectivity index (χ1n) is 7.15. The Balaban J connectivity index is 2.07. The molecule has 0 bridgehead atoms. The van der Waals surface area contributed by atoms with E-state index >= 15 is 0 Å². The number of hydrogen-bond acceptors (Lipinski definition) is 3. The molecule has 110 valence electrons. The average molecular weight is 279 g/mol. The summed E-state index contributed by atoms with van der Waals surface area (Å²) in [5.41, 5.74) is 0.620. The van der Waals surface area contributed by atoms with Crippen molar-refractivity contribution in [2.45, 2.75) is 25.8 Å². The first kappa shape index (κ1) is 14.8. The summed E-state index contributed by atoms with van der Waals surface area (Å²) in [6.07, 6.45) is 2.06. The predicted octanol–water partition coefficient (Wildman–Crippen LogP) is 2.08. The van der Waals surface area contributed by atoms with Crippen LogP contribution >= 0.6 is 0 Å². The molecule has 1 fully saturated rings. The van der Waals surface area contributed by atoms with Gasteiger partial charge >= 0.3 is 0 Å². The van der Waals surface area contributed by atoms with Gasteiger partial charge in [0.1, 0.15) is 5.82 Å². The molecule has 0 aromatic heterocycles. The fraction of sp³-hybridized carbons (Fsp3) is 0.533. The monoisotopic (exact) mass is 279 g/mol. The van der Waals surface area contributed by atoms with Gasteiger partial charge in [-0.2, -0.15) is 0 Å². The molecule has 0 spiro atoms. The highest BCUT2D eigenvalue weighted by molar-refractivity contribution is 5.99. The number of rotatable bonds is 4. The Morgan fingerprint density at radius 1 is 1.50 bits per heavy atom. The maximum Gasteiger partial charge on any atom is 0.253 e. The van der Waals surface area contributed by atoms with E-state index in [-0.39, 0.29) is 17.6 Å². The summed E-state index contributed by atoms with van der Waals surface area (Å²) in [5.74, 6) is -0.615. The molecule has 1 amide bonds. The van der Waals surface area contributed by atoms with Gasteiger partial charge in [0.25, 0.3) is 5.91 Å². The zero-order valence-electron chi connectivity index (χ0n) is 12.1.